The highest BCUT2D eigenvalue weighted by Gasteiger charge is 2.57. The van der Waals surface area contributed by atoms with Crippen LogP contribution in [0.4, 0.5) is 5.69 Å². The molecule has 1 N–H and O–H groups in total. The molecule has 3 heterocycles. The number of carbonyl (C=O) groups excluding carboxylic acids is 2. The number of nitrogens with zero attached hydrogens (tertiary/aromatic N) is 3. The molecule has 1 saturated heterocycles. The Morgan fingerprint density at radius 1 is 1.45 bits per heavy atom. The topological polar surface area (TPSA) is 123 Å². The quantitative estimate of drug-likeness (QED) is 0.332. The Labute approximate surface area is 169 Å². The summed E-state index contributed by atoms with van der Waals surface area (Å²) in [5, 5.41) is 20.6. The number of aliphatic hydroxyl groups excluding tert-OH is 1. The lowest BCUT2D eigenvalue weighted by Crippen LogP contribution is -2.61. The number of nitro groups is 1. The molecule has 4 rings (SSSR count). The van der Waals surface area contributed by atoms with Crippen LogP contribution >= 0.6 is 11.3 Å². The third-order valence-electron chi connectivity index (χ3n) is 5.17. The van der Waals surface area contributed by atoms with Gasteiger partial charge in [-0.05, 0) is 31.0 Å². The van der Waals surface area contributed by atoms with Crippen molar-refractivity contribution in [1.29, 1.82) is 0 Å². The number of hydrogen-bond donors (Lipinski definition) is 1. The van der Waals surface area contributed by atoms with E-state index in [2.05, 4.69) is 4.98 Å². The van der Waals surface area contributed by atoms with Gasteiger partial charge in [-0.15, -0.1) is 11.3 Å². The molecule has 0 spiro atoms. The number of rotatable bonds is 6. The van der Waals surface area contributed by atoms with E-state index in [1.807, 2.05) is 0 Å². The van der Waals surface area contributed by atoms with Gasteiger partial charge in [-0.1, -0.05) is 0 Å². The summed E-state index contributed by atoms with van der Waals surface area (Å²) in [4.78, 5) is 41.8. The number of benzene rings is 1. The zero-order chi connectivity index (χ0) is 20.7. The third-order valence-corrected chi connectivity index (χ3v) is 6.00. The molecule has 9 nitrogen and oxygen atoms in total. The van der Waals surface area contributed by atoms with Crippen LogP contribution in [-0.4, -0.2) is 43.9 Å². The molecule has 29 heavy (non-hydrogen) atoms. The lowest BCUT2D eigenvalue weighted by Gasteiger charge is -2.44. The van der Waals surface area contributed by atoms with Gasteiger partial charge in [0.25, 0.3) is 5.69 Å². The average Bonchev–Trinajstić information content (AvgIpc) is 3.32. The van der Waals surface area contributed by atoms with Crippen LogP contribution in [0.25, 0.3) is 5.57 Å². The number of β-lactam (4-membered cyclic amide) rings is 1. The molecule has 1 aromatic heterocycles. The van der Waals surface area contributed by atoms with Gasteiger partial charge in [0, 0.05) is 23.9 Å². The number of amides is 1. The fourth-order valence-corrected chi connectivity index (χ4v) is 4.45. The Balaban J connectivity index is 1.55. The van der Waals surface area contributed by atoms with Gasteiger partial charge in [-0.25, -0.2) is 4.79 Å². The number of thiazole rings is 1. The molecular weight excluding hydrogens is 398 g/mol. The minimum absolute atomic E-state index is 0.0516. The molecule has 2 aromatic rings. The van der Waals surface area contributed by atoms with E-state index in [1.165, 1.54) is 40.5 Å². The van der Waals surface area contributed by atoms with Crippen molar-refractivity contribution < 1.29 is 24.4 Å². The fraction of sp³-hybridized carbons (Fsp3) is 0.316. The second-order valence-corrected chi connectivity index (χ2v) is 7.82. The van der Waals surface area contributed by atoms with E-state index in [-0.39, 0.29) is 29.9 Å². The molecule has 1 aromatic carbocycles. The van der Waals surface area contributed by atoms with E-state index in [0.717, 1.165) is 4.88 Å². The summed E-state index contributed by atoms with van der Waals surface area (Å²) in [5.41, 5.74) is 3.05. The Kier molecular flexibility index (Phi) is 4.89. The Bertz CT molecular complexity index is 999. The first-order valence-corrected chi connectivity index (χ1v) is 9.80. The summed E-state index contributed by atoms with van der Waals surface area (Å²) in [6.07, 6.45) is 1.28. The molecule has 2 aliphatic rings. The van der Waals surface area contributed by atoms with Gasteiger partial charge in [0.1, 0.15) is 12.3 Å². The molecule has 0 saturated carbocycles. The average molecular weight is 415 g/mol. The summed E-state index contributed by atoms with van der Waals surface area (Å²) in [6.45, 7) is 1.49. The minimum Gasteiger partial charge on any atom is -0.456 e. The van der Waals surface area contributed by atoms with Crippen molar-refractivity contribution in [3.8, 4) is 0 Å². The first-order chi connectivity index (χ1) is 13.9. The van der Waals surface area contributed by atoms with E-state index >= 15 is 0 Å². The van der Waals surface area contributed by atoms with Crippen LogP contribution < -0.4 is 0 Å². The van der Waals surface area contributed by atoms with E-state index in [9.17, 15) is 24.8 Å². The highest BCUT2D eigenvalue weighted by molar-refractivity contribution is 7.10. The van der Waals surface area contributed by atoms with Crippen molar-refractivity contribution in [3.05, 3.63) is 62.2 Å². The molecular formula is C19H17N3O6S. The predicted octanol–water partition coefficient (Wildman–Crippen LogP) is 2.12. The van der Waals surface area contributed by atoms with Crippen LogP contribution in [0, 0.1) is 16.0 Å². The molecule has 0 unspecified atom stereocenters. The van der Waals surface area contributed by atoms with Crippen molar-refractivity contribution in [2.24, 2.45) is 5.92 Å². The summed E-state index contributed by atoms with van der Waals surface area (Å²) >= 11 is 1.36. The van der Waals surface area contributed by atoms with Gasteiger partial charge in [-0.3, -0.25) is 19.9 Å². The first kappa shape index (κ1) is 19.2. The first-order valence-electron chi connectivity index (χ1n) is 8.92. The van der Waals surface area contributed by atoms with Crippen LogP contribution in [0.15, 0.2) is 41.7 Å². The van der Waals surface area contributed by atoms with Gasteiger partial charge < -0.3 is 14.7 Å². The number of non-ortho nitro benzene ring substituents is 1. The van der Waals surface area contributed by atoms with E-state index in [0.29, 0.717) is 17.6 Å². The normalized spacial score (nSPS) is 21.6. The lowest BCUT2D eigenvalue weighted by molar-refractivity contribution is -0.384. The number of aliphatic hydroxyl groups is 1. The maximum absolute atomic E-state index is 12.9. The molecule has 3 atom stereocenters. The molecule has 1 amide bonds. The Morgan fingerprint density at radius 2 is 2.17 bits per heavy atom. The third kappa shape index (κ3) is 3.30. The van der Waals surface area contributed by atoms with E-state index in [1.54, 1.807) is 18.6 Å². The summed E-state index contributed by atoms with van der Waals surface area (Å²) < 4.78 is 5.40. The van der Waals surface area contributed by atoms with Crippen LogP contribution in [0.3, 0.4) is 0 Å². The monoisotopic (exact) mass is 415 g/mol. The van der Waals surface area contributed by atoms with Crippen molar-refractivity contribution in [3.63, 3.8) is 0 Å². The molecule has 0 aliphatic carbocycles. The van der Waals surface area contributed by atoms with Crippen molar-refractivity contribution in [2.75, 3.05) is 0 Å². The molecule has 150 valence electrons. The number of hydrogen-bond acceptors (Lipinski definition) is 8. The second-order valence-electron chi connectivity index (χ2n) is 6.94. The van der Waals surface area contributed by atoms with Gasteiger partial charge >= 0.3 is 5.97 Å². The fourth-order valence-electron chi connectivity index (χ4n) is 3.78. The van der Waals surface area contributed by atoms with Crippen molar-refractivity contribution in [2.45, 2.75) is 32.1 Å². The van der Waals surface area contributed by atoms with Crippen molar-refractivity contribution >= 4 is 34.5 Å². The second kappa shape index (κ2) is 7.37. The lowest BCUT2D eigenvalue weighted by atomic mass is 9.83. The Hall–Kier alpha value is -3.11. The standard InChI is InChI=1S/C19H17N3O6S/c1-10(23)16-14-6-13(15-7-20-9-29-15)17(21(14)18(16)24)19(25)28-8-11-2-4-12(5-3-11)22(26)27/h2-5,7,9-10,14,16,23H,6,8H2,1H3/t10-,14-,16-/m1/s1. The zero-order valence-electron chi connectivity index (χ0n) is 15.3. The van der Waals surface area contributed by atoms with E-state index < -0.39 is 22.9 Å². The summed E-state index contributed by atoms with van der Waals surface area (Å²) in [7, 11) is 0. The number of nitro benzene ring substituents is 1. The van der Waals surface area contributed by atoms with Crippen LogP contribution in [0.2, 0.25) is 0 Å². The molecule has 0 bridgehead atoms. The van der Waals surface area contributed by atoms with Gasteiger partial charge in [-0.2, -0.15) is 0 Å². The Morgan fingerprint density at radius 3 is 2.76 bits per heavy atom. The smallest absolute Gasteiger partial charge is 0.355 e. The summed E-state index contributed by atoms with van der Waals surface area (Å²) in [5.74, 6) is -1.49. The zero-order valence-corrected chi connectivity index (χ0v) is 16.2. The van der Waals surface area contributed by atoms with Gasteiger partial charge in [0.2, 0.25) is 5.91 Å². The SMILES string of the molecule is C[C@@H](O)[C@H]1C(=O)N2C(C(=O)OCc3ccc([N+](=O)[O-])cc3)=C(c3cncs3)C[C@H]12. The number of esters is 1. The van der Waals surface area contributed by atoms with Crippen LogP contribution in [0.1, 0.15) is 23.8 Å². The van der Waals surface area contributed by atoms with Crippen LogP contribution in [0.5, 0.6) is 0 Å². The molecule has 10 heteroatoms. The maximum Gasteiger partial charge on any atom is 0.355 e. The van der Waals surface area contributed by atoms with E-state index in [4.69, 9.17) is 4.74 Å². The number of aromatic nitrogens is 1. The maximum atomic E-state index is 12.9. The number of fused-ring (bicyclic) bond motifs is 1. The predicted molar refractivity (Wildman–Crippen MR) is 102 cm³/mol. The largest absolute Gasteiger partial charge is 0.456 e. The van der Waals surface area contributed by atoms with Gasteiger partial charge in [0.05, 0.1) is 33.4 Å². The van der Waals surface area contributed by atoms with Gasteiger partial charge in [0.15, 0.2) is 0 Å². The molecule has 1 fully saturated rings. The number of carbonyl (C=O) groups is 2. The molecule has 0 radical (unpaired) electrons. The van der Waals surface area contributed by atoms with Crippen molar-refractivity contribution in [1.82, 2.24) is 9.88 Å². The number of ether oxygens (including phenoxy) is 1. The highest BCUT2D eigenvalue weighted by Crippen LogP contribution is 2.47. The highest BCUT2D eigenvalue weighted by atomic mass is 32.1. The summed E-state index contributed by atoms with van der Waals surface area (Å²) in [6, 6.07) is 5.42. The van der Waals surface area contributed by atoms with Crippen LogP contribution in [-0.2, 0) is 20.9 Å². The molecule has 2 aliphatic heterocycles. The minimum atomic E-state index is -0.804.